The van der Waals surface area contributed by atoms with Gasteiger partial charge in [-0.05, 0) is 30.9 Å². The number of benzene rings is 1. The lowest BCUT2D eigenvalue weighted by atomic mass is 10.0. The van der Waals surface area contributed by atoms with Crippen LogP contribution in [-0.2, 0) is 0 Å². The van der Waals surface area contributed by atoms with E-state index in [1.807, 2.05) is 0 Å². The van der Waals surface area contributed by atoms with Crippen molar-refractivity contribution in [3.05, 3.63) is 78.4 Å². The zero-order valence-electron chi connectivity index (χ0n) is 14.3. The molecule has 0 N–H and O–H groups in total. The molecule has 0 spiro atoms. The molecular formula is C22H29N. The Morgan fingerprint density at radius 3 is 2.65 bits per heavy atom. The summed E-state index contributed by atoms with van der Waals surface area (Å²) in [5.74, 6) is 0.577. The number of nitrogens with zero attached hydrogens (tertiary/aromatic N) is 1. The molecule has 122 valence electrons. The van der Waals surface area contributed by atoms with Crippen LogP contribution in [0.4, 0.5) is 0 Å². The van der Waals surface area contributed by atoms with Gasteiger partial charge in [0.2, 0.25) is 0 Å². The topological polar surface area (TPSA) is 3.24 Å². The SMILES string of the molecule is CCCCN(C/C=C/c1ccccc1)C/C=C/C1C=CC=CC1. The Hall–Kier alpha value is -1.86. The molecule has 1 aliphatic rings. The average molecular weight is 307 g/mol. The third-order valence-corrected chi connectivity index (χ3v) is 4.06. The van der Waals surface area contributed by atoms with Gasteiger partial charge >= 0.3 is 0 Å². The van der Waals surface area contributed by atoms with Crippen LogP contribution in [0.3, 0.4) is 0 Å². The molecule has 1 aromatic rings. The van der Waals surface area contributed by atoms with Crippen molar-refractivity contribution < 1.29 is 0 Å². The van der Waals surface area contributed by atoms with Crippen molar-refractivity contribution >= 4 is 6.08 Å². The van der Waals surface area contributed by atoms with Gasteiger partial charge in [0.05, 0.1) is 0 Å². The molecule has 1 atom stereocenters. The van der Waals surface area contributed by atoms with Gasteiger partial charge in [0, 0.05) is 13.1 Å². The number of hydrogen-bond donors (Lipinski definition) is 0. The molecule has 1 aromatic carbocycles. The van der Waals surface area contributed by atoms with E-state index in [4.69, 9.17) is 0 Å². The quantitative estimate of drug-likeness (QED) is 0.545. The molecule has 0 bridgehead atoms. The van der Waals surface area contributed by atoms with Crippen molar-refractivity contribution in [3.63, 3.8) is 0 Å². The Labute approximate surface area is 141 Å². The lowest BCUT2D eigenvalue weighted by Gasteiger charge is -2.19. The highest BCUT2D eigenvalue weighted by atomic mass is 15.1. The summed E-state index contributed by atoms with van der Waals surface area (Å²) in [6.45, 7) is 5.47. The van der Waals surface area contributed by atoms with Crippen LogP contribution in [-0.4, -0.2) is 24.5 Å². The molecule has 0 saturated heterocycles. The molecule has 23 heavy (non-hydrogen) atoms. The first kappa shape index (κ1) is 17.5. The molecule has 1 heteroatoms. The zero-order valence-corrected chi connectivity index (χ0v) is 14.3. The van der Waals surface area contributed by atoms with Gasteiger partial charge in [0.1, 0.15) is 0 Å². The van der Waals surface area contributed by atoms with E-state index < -0.39 is 0 Å². The van der Waals surface area contributed by atoms with Crippen LogP contribution < -0.4 is 0 Å². The van der Waals surface area contributed by atoms with Crippen molar-refractivity contribution in [1.29, 1.82) is 0 Å². The Morgan fingerprint density at radius 2 is 1.91 bits per heavy atom. The predicted molar refractivity (Wildman–Crippen MR) is 102 cm³/mol. The monoisotopic (exact) mass is 307 g/mol. The number of allylic oxidation sites excluding steroid dienone is 5. The normalized spacial score (nSPS) is 17.7. The van der Waals surface area contributed by atoms with E-state index in [1.165, 1.54) is 24.9 Å². The van der Waals surface area contributed by atoms with Gasteiger partial charge in [-0.3, -0.25) is 4.90 Å². The van der Waals surface area contributed by atoms with Crippen molar-refractivity contribution in [2.75, 3.05) is 19.6 Å². The molecule has 1 aliphatic carbocycles. The Kier molecular flexibility index (Phi) is 8.21. The predicted octanol–water partition coefficient (Wildman–Crippen LogP) is 5.49. The maximum Gasteiger partial charge on any atom is 0.0169 e. The average Bonchev–Trinajstić information content (AvgIpc) is 2.61. The van der Waals surface area contributed by atoms with E-state index in [0.29, 0.717) is 5.92 Å². The Morgan fingerprint density at radius 1 is 1.09 bits per heavy atom. The molecule has 0 heterocycles. The van der Waals surface area contributed by atoms with E-state index in [2.05, 4.69) is 90.8 Å². The minimum atomic E-state index is 0.577. The molecule has 0 saturated carbocycles. The first-order valence-electron chi connectivity index (χ1n) is 8.82. The third kappa shape index (κ3) is 7.30. The fourth-order valence-corrected chi connectivity index (χ4v) is 2.67. The van der Waals surface area contributed by atoms with E-state index >= 15 is 0 Å². The summed E-state index contributed by atoms with van der Waals surface area (Å²) in [4.78, 5) is 2.52. The zero-order chi connectivity index (χ0) is 16.2. The maximum absolute atomic E-state index is 2.52. The van der Waals surface area contributed by atoms with Gasteiger partial charge in [-0.25, -0.2) is 0 Å². The molecule has 1 nitrogen and oxygen atoms in total. The van der Waals surface area contributed by atoms with Gasteiger partial charge in [-0.2, -0.15) is 0 Å². The van der Waals surface area contributed by atoms with E-state index in [1.54, 1.807) is 0 Å². The van der Waals surface area contributed by atoms with Crippen LogP contribution in [0.1, 0.15) is 31.7 Å². The van der Waals surface area contributed by atoms with Crippen molar-refractivity contribution in [1.82, 2.24) is 4.90 Å². The van der Waals surface area contributed by atoms with Gasteiger partial charge in [-0.15, -0.1) is 0 Å². The van der Waals surface area contributed by atoms with Crippen molar-refractivity contribution in [2.24, 2.45) is 5.92 Å². The second-order valence-corrected chi connectivity index (χ2v) is 6.07. The fourth-order valence-electron chi connectivity index (χ4n) is 2.67. The van der Waals surface area contributed by atoms with Crippen LogP contribution in [0.15, 0.2) is 72.9 Å². The highest BCUT2D eigenvalue weighted by molar-refractivity contribution is 5.48. The van der Waals surface area contributed by atoms with Crippen LogP contribution in [0.5, 0.6) is 0 Å². The third-order valence-electron chi connectivity index (χ3n) is 4.06. The summed E-state index contributed by atoms with van der Waals surface area (Å²) in [5.41, 5.74) is 1.28. The van der Waals surface area contributed by atoms with Crippen LogP contribution in [0.2, 0.25) is 0 Å². The summed E-state index contributed by atoms with van der Waals surface area (Å²) in [6, 6.07) is 10.5. The van der Waals surface area contributed by atoms with Gasteiger partial charge < -0.3 is 0 Å². The maximum atomic E-state index is 2.52. The van der Waals surface area contributed by atoms with Gasteiger partial charge in [0.15, 0.2) is 0 Å². The summed E-state index contributed by atoms with van der Waals surface area (Å²) >= 11 is 0. The molecule has 0 amide bonds. The van der Waals surface area contributed by atoms with Gasteiger partial charge in [0.25, 0.3) is 0 Å². The molecule has 2 rings (SSSR count). The Bertz CT molecular complexity index is 536. The fraction of sp³-hybridized carbons (Fsp3) is 0.364. The van der Waals surface area contributed by atoms with Crippen LogP contribution in [0, 0.1) is 5.92 Å². The lowest BCUT2D eigenvalue weighted by Crippen LogP contribution is -2.25. The molecule has 0 aromatic heterocycles. The second-order valence-electron chi connectivity index (χ2n) is 6.07. The summed E-state index contributed by atoms with van der Waals surface area (Å²) in [7, 11) is 0. The Balaban J connectivity index is 1.81. The minimum Gasteiger partial charge on any atom is -0.296 e. The van der Waals surface area contributed by atoms with Crippen LogP contribution >= 0.6 is 0 Å². The number of hydrogen-bond acceptors (Lipinski definition) is 1. The highest BCUT2D eigenvalue weighted by Crippen LogP contribution is 2.12. The summed E-state index contributed by atoms with van der Waals surface area (Å²) in [5, 5.41) is 0. The second kappa shape index (κ2) is 10.8. The molecule has 0 fully saturated rings. The van der Waals surface area contributed by atoms with Crippen LogP contribution in [0.25, 0.3) is 6.08 Å². The van der Waals surface area contributed by atoms with E-state index in [9.17, 15) is 0 Å². The summed E-state index contributed by atoms with van der Waals surface area (Å²) in [6.07, 6.45) is 21.6. The standard InChI is InChI=1S/C22H29N/c1-2-3-18-23(19-10-16-21-12-6-4-7-13-21)20-11-17-22-14-8-5-9-15-22/h4-14,16-17,22H,2-3,15,18-20H2,1H3/b16-10+,17-11+. The minimum absolute atomic E-state index is 0.577. The number of unbranched alkanes of at least 4 members (excludes halogenated alkanes) is 1. The molecule has 0 aliphatic heterocycles. The lowest BCUT2D eigenvalue weighted by molar-refractivity contribution is 0.328. The molecule has 0 radical (unpaired) electrons. The highest BCUT2D eigenvalue weighted by Gasteiger charge is 2.02. The van der Waals surface area contributed by atoms with E-state index in [-0.39, 0.29) is 0 Å². The largest absolute Gasteiger partial charge is 0.296 e. The smallest absolute Gasteiger partial charge is 0.0169 e. The molecule has 1 unspecified atom stereocenters. The first-order chi connectivity index (χ1) is 11.4. The van der Waals surface area contributed by atoms with E-state index in [0.717, 1.165) is 19.5 Å². The first-order valence-corrected chi connectivity index (χ1v) is 8.82. The summed E-state index contributed by atoms with van der Waals surface area (Å²) < 4.78 is 0. The molecular weight excluding hydrogens is 278 g/mol. The number of rotatable bonds is 9. The van der Waals surface area contributed by atoms with Crippen molar-refractivity contribution in [2.45, 2.75) is 26.2 Å². The van der Waals surface area contributed by atoms with Crippen molar-refractivity contribution in [3.8, 4) is 0 Å². The van der Waals surface area contributed by atoms with Gasteiger partial charge in [-0.1, -0.05) is 92.3 Å².